The van der Waals surface area contributed by atoms with E-state index >= 15 is 0 Å². The van der Waals surface area contributed by atoms with Gasteiger partial charge in [-0.2, -0.15) is 15.4 Å². The molecule has 0 aliphatic carbocycles. The van der Waals surface area contributed by atoms with Gasteiger partial charge in [-0.25, -0.2) is 0 Å². The fraction of sp³-hybridized carbons (Fsp3) is 0.0588. The van der Waals surface area contributed by atoms with Gasteiger partial charge in [0, 0.05) is 40.3 Å². The summed E-state index contributed by atoms with van der Waals surface area (Å²) in [6.07, 6.45) is 4.48. The number of rotatable bonds is 3. The SMILES string of the molecule is Nc1ccc(Cc2cn[nH]n2)cc1-c1c[nH]c2ccccc12. The van der Waals surface area contributed by atoms with Crippen LogP contribution >= 0.6 is 0 Å². The lowest BCUT2D eigenvalue weighted by atomic mass is 9.99. The maximum atomic E-state index is 6.20. The number of anilines is 1. The van der Waals surface area contributed by atoms with E-state index in [0.717, 1.165) is 40.0 Å². The Morgan fingerprint density at radius 2 is 1.95 bits per heavy atom. The molecule has 4 N–H and O–H groups in total. The summed E-state index contributed by atoms with van der Waals surface area (Å²) in [5.74, 6) is 0. The number of fused-ring (bicyclic) bond motifs is 1. The van der Waals surface area contributed by atoms with Crippen LogP contribution in [0.15, 0.2) is 54.9 Å². The predicted molar refractivity (Wildman–Crippen MR) is 87.3 cm³/mol. The first-order valence-corrected chi connectivity index (χ1v) is 7.11. The largest absolute Gasteiger partial charge is 0.398 e. The molecule has 4 aromatic rings. The zero-order chi connectivity index (χ0) is 14.9. The van der Waals surface area contributed by atoms with Crippen molar-refractivity contribution in [3.63, 3.8) is 0 Å². The monoisotopic (exact) mass is 289 g/mol. The predicted octanol–water partition coefficient (Wildman–Crippen LogP) is 3.13. The second kappa shape index (κ2) is 5.04. The first-order chi connectivity index (χ1) is 10.8. The number of para-hydroxylation sites is 1. The Bertz CT molecular complexity index is 921. The Morgan fingerprint density at radius 3 is 2.82 bits per heavy atom. The summed E-state index contributed by atoms with van der Waals surface area (Å²) in [6.45, 7) is 0. The third kappa shape index (κ3) is 2.13. The number of benzene rings is 2. The number of aromatic nitrogens is 4. The molecule has 22 heavy (non-hydrogen) atoms. The zero-order valence-electron chi connectivity index (χ0n) is 11.9. The van der Waals surface area contributed by atoms with Crippen molar-refractivity contribution in [3.8, 4) is 11.1 Å². The maximum Gasteiger partial charge on any atom is 0.0868 e. The Kier molecular flexibility index (Phi) is 2.89. The third-order valence-electron chi connectivity index (χ3n) is 3.85. The molecule has 0 atom stereocenters. The van der Waals surface area contributed by atoms with Gasteiger partial charge in [0.2, 0.25) is 0 Å². The summed E-state index contributed by atoms with van der Waals surface area (Å²) in [4.78, 5) is 3.30. The van der Waals surface area contributed by atoms with Crippen molar-refractivity contribution in [2.45, 2.75) is 6.42 Å². The highest BCUT2D eigenvalue weighted by Crippen LogP contribution is 2.33. The number of hydrogen-bond donors (Lipinski definition) is 3. The Hall–Kier alpha value is -3.08. The van der Waals surface area contributed by atoms with Gasteiger partial charge in [-0.1, -0.05) is 24.3 Å². The quantitative estimate of drug-likeness (QED) is 0.507. The van der Waals surface area contributed by atoms with E-state index in [9.17, 15) is 0 Å². The molecule has 4 rings (SSSR count). The number of nitrogens with two attached hydrogens (primary N) is 1. The van der Waals surface area contributed by atoms with Crippen molar-refractivity contribution in [1.82, 2.24) is 20.4 Å². The van der Waals surface area contributed by atoms with Gasteiger partial charge in [0.05, 0.1) is 11.9 Å². The van der Waals surface area contributed by atoms with Crippen molar-refractivity contribution in [3.05, 3.63) is 66.1 Å². The van der Waals surface area contributed by atoms with Crippen LogP contribution in [0.25, 0.3) is 22.0 Å². The lowest BCUT2D eigenvalue weighted by molar-refractivity contribution is 0.915. The second-order valence-corrected chi connectivity index (χ2v) is 5.31. The third-order valence-corrected chi connectivity index (χ3v) is 3.85. The molecule has 2 aromatic heterocycles. The van der Waals surface area contributed by atoms with Crippen molar-refractivity contribution in [2.75, 3.05) is 5.73 Å². The molecule has 5 nitrogen and oxygen atoms in total. The molecule has 0 saturated heterocycles. The van der Waals surface area contributed by atoms with E-state index in [2.05, 4.69) is 38.6 Å². The van der Waals surface area contributed by atoms with Gasteiger partial charge in [-0.15, -0.1) is 0 Å². The first-order valence-electron chi connectivity index (χ1n) is 7.11. The Balaban J connectivity index is 1.80. The van der Waals surface area contributed by atoms with Gasteiger partial charge in [0.1, 0.15) is 0 Å². The van der Waals surface area contributed by atoms with E-state index in [1.807, 2.05) is 30.5 Å². The highest BCUT2D eigenvalue weighted by Gasteiger charge is 2.10. The Labute approximate surface area is 127 Å². The van der Waals surface area contributed by atoms with Gasteiger partial charge < -0.3 is 10.7 Å². The average Bonchev–Trinajstić information content (AvgIpc) is 3.19. The molecule has 0 bridgehead atoms. The highest BCUT2D eigenvalue weighted by atomic mass is 15.3. The van der Waals surface area contributed by atoms with Crippen molar-refractivity contribution in [2.24, 2.45) is 0 Å². The second-order valence-electron chi connectivity index (χ2n) is 5.31. The molecule has 0 unspecified atom stereocenters. The summed E-state index contributed by atoms with van der Waals surface area (Å²) < 4.78 is 0. The number of nitrogens with one attached hydrogen (secondary N) is 2. The molecular formula is C17H15N5. The van der Waals surface area contributed by atoms with Crippen LogP contribution in [0.1, 0.15) is 11.3 Å². The van der Waals surface area contributed by atoms with Crippen LogP contribution in [0.5, 0.6) is 0 Å². The van der Waals surface area contributed by atoms with Crippen LogP contribution in [-0.4, -0.2) is 20.4 Å². The Morgan fingerprint density at radius 1 is 1.05 bits per heavy atom. The molecule has 2 heterocycles. The summed E-state index contributed by atoms with van der Waals surface area (Å²) in [5.41, 5.74) is 12.3. The molecule has 5 heteroatoms. The lowest BCUT2D eigenvalue weighted by Gasteiger charge is -2.07. The fourth-order valence-corrected chi connectivity index (χ4v) is 2.76. The zero-order valence-corrected chi connectivity index (χ0v) is 11.9. The molecule has 0 spiro atoms. The van der Waals surface area contributed by atoms with Gasteiger partial charge in [0.25, 0.3) is 0 Å². The van der Waals surface area contributed by atoms with E-state index in [1.165, 1.54) is 5.39 Å². The van der Waals surface area contributed by atoms with E-state index < -0.39 is 0 Å². The summed E-state index contributed by atoms with van der Waals surface area (Å²) in [6, 6.07) is 14.3. The normalized spacial score (nSPS) is 11.1. The number of hydrogen-bond acceptors (Lipinski definition) is 3. The van der Waals surface area contributed by atoms with Crippen molar-refractivity contribution >= 4 is 16.6 Å². The number of nitrogen functional groups attached to an aromatic ring is 1. The van der Waals surface area contributed by atoms with E-state index in [-0.39, 0.29) is 0 Å². The van der Waals surface area contributed by atoms with Gasteiger partial charge in [0.15, 0.2) is 0 Å². The van der Waals surface area contributed by atoms with Crippen molar-refractivity contribution < 1.29 is 0 Å². The molecule has 0 saturated carbocycles. The highest BCUT2D eigenvalue weighted by molar-refractivity contribution is 5.98. The van der Waals surface area contributed by atoms with Crippen LogP contribution in [0, 0.1) is 0 Å². The molecule has 2 aromatic carbocycles. The summed E-state index contributed by atoms with van der Waals surface area (Å²) in [7, 11) is 0. The van der Waals surface area contributed by atoms with Crippen LogP contribution in [0.2, 0.25) is 0 Å². The average molecular weight is 289 g/mol. The molecule has 108 valence electrons. The maximum absolute atomic E-state index is 6.20. The first kappa shape index (κ1) is 12.6. The number of aromatic amines is 2. The van der Waals surface area contributed by atoms with Gasteiger partial charge >= 0.3 is 0 Å². The standard InChI is InChI=1S/C17H15N5/c18-16-6-5-11(7-12-9-20-22-21-12)8-14(16)15-10-19-17-4-2-1-3-13(15)17/h1-6,8-10,19H,7,18H2,(H,20,21,22). The van der Waals surface area contributed by atoms with Gasteiger partial charge in [-0.05, 0) is 23.8 Å². The minimum atomic E-state index is 0.728. The minimum absolute atomic E-state index is 0.728. The van der Waals surface area contributed by atoms with Crippen LogP contribution in [-0.2, 0) is 6.42 Å². The summed E-state index contributed by atoms with van der Waals surface area (Å²) in [5, 5.41) is 11.8. The van der Waals surface area contributed by atoms with Gasteiger partial charge in [-0.3, -0.25) is 0 Å². The van der Waals surface area contributed by atoms with Crippen LogP contribution < -0.4 is 5.73 Å². The molecular weight excluding hydrogens is 274 g/mol. The van der Waals surface area contributed by atoms with Crippen LogP contribution in [0.3, 0.4) is 0 Å². The molecule has 0 amide bonds. The lowest BCUT2D eigenvalue weighted by Crippen LogP contribution is -1.94. The molecule has 0 aliphatic rings. The van der Waals surface area contributed by atoms with Crippen molar-refractivity contribution in [1.29, 1.82) is 0 Å². The fourth-order valence-electron chi connectivity index (χ4n) is 2.76. The van der Waals surface area contributed by atoms with E-state index in [0.29, 0.717) is 0 Å². The molecule has 0 fully saturated rings. The van der Waals surface area contributed by atoms with E-state index in [4.69, 9.17) is 5.73 Å². The molecule has 0 aliphatic heterocycles. The topological polar surface area (TPSA) is 83.4 Å². The number of H-pyrrole nitrogens is 2. The smallest absolute Gasteiger partial charge is 0.0868 e. The molecule has 0 radical (unpaired) electrons. The van der Waals surface area contributed by atoms with E-state index in [1.54, 1.807) is 6.20 Å². The minimum Gasteiger partial charge on any atom is -0.398 e. The van der Waals surface area contributed by atoms with Crippen LogP contribution in [0.4, 0.5) is 5.69 Å². The summed E-state index contributed by atoms with van der Waals surface area (Å²) >= 11 is 0. The number of nitrogens with zero attached hydrogens (tertiary/aromatic N) is 2.